The number of hydrogen-bond donors (Lipinski definition) is 2. The number of halogens is 2. The van der Waals surface area contributed by atoms with E-state index in [4.69, 9.17) is 16.7 Å². The van der Waals surface area contributed by atoms with Crippen molar-refractivity contribution < 1.29 is 22.7 Å². The number of aromatic carboxylic acids is 1. The van der Waals surface area contributed by atoms with Crippen LogP contribution in [0.5, 0.6) is 0 Å². The van der Waals surface area contributed by atoms with Crippen LogP contribution < -0.4 is 4.72 Å². The monoisotopic (exact) mass is 293 g/mol. The Labute approximate surface area is 108 Å². The summed E-state index contributed by atoms with van der Waals surface area (Å²) in [6, 6.07) is 1.44. The zero-order valence-electron chi connectivity index (χ0n) is 8.98. The Bertz CT molecular complexity index is 600. The Balaban J connectivity index is 3.35. The van der Waals surface area contributed by atoms with Crippen LogP contribution in [0.2, 0.25) is 5.02 Å². The fourth-order valence-electron chi connectivity index (χ4n) is 1.13. The predicted octanol–water partition coefficient (Wildman–Crippen LogP) is 1.64. The molecular formula is C10H9ClFNO4S. The van der Waals surface area contributed by atoms with E-state index in [2.05, 4.69) is 11.3 Å². The van der Waals surface area contributed by atoms with Crippen LogP contribution in [-0.2, 0) is 10.0 Å². The van der Waals surface area contributed by atoms with Gasteiger partial charge < -0.3 is 5.11 Å². The SMILES string of the molecule is C=CCNS(=O)(=O)c1cc(F)c(Cl)c(C(=O)O)c1. The van der Waals surface area contributed by atoms with Gasteiger partial charge in [-0.3, -0.25) is 0 Å². The van der Waals surface area contributed by atoms with Crippen LogP contribution in [0.25, 0.3) is 0 Å². The van der Waals surface area contributed by atoms with Gasteiger partial charge in [-0.2, -0.15) is 0 Å². The van der Waals surface area contributed by atoms with Gasteiger partial charge in [-0.05, 0) is 12.1 Å². The lowest BCUT2D eigenvalue weighted by Crippen LogP contribution is -2.24. The highest BCUT2D eigenvalue weighted by Crippen LogP contribution is 2.24. The largest absolute Gasteiger partial charge is 0.478 e. The molecule has 0 spiro atoms. The third-order valence-electron chi connectivity index (χ3n) is 1.96. The molecule has 1 aromatic carbocycles. The maximum Gasteiger partial charge on any atom is 0.337 e. The van der Waals surface area contributed by atoms with E-state index in [9.17, 15) is 17.6 Å². The Kier molecular flexibility index (Phi) is 4.44. The lowest BCUT2D eigenvalue weighted by molar-refractivity contribution is 0.0696. The Morgan fingerprint density at radius 3 is 2.67 bits per heavy atom. The number of sulfonamides is 1. The molecule has 1 rings (SSSR count). The second-order valence-corrected chi connectivity index (χ2v) is 5.36. The summed E-state index contributed by atoms with van der Waals surface area (Å²) in [7, 11) is -4.00. The molecule has 0 atom stereocenters. The van der Waals surface area contributed by atoms with E-state index >= 15 is 0 Å². The first kappa shape index (κ1) is 14.6. The molecular weight excluding hydrogens is 285 g/mol. The van der Waals surface area contributed by atoms with Crippen LogP contribution in [0.1, 0.15) is 10.4 Å². The average Bonchev–Trinajstić information content (AvgIpc) is 2.29. The molecule has 2 N–H and O–H groups in total. The van der Waals surface area contributed by atoms with Gasteiger partial charge in [0.05, 0.1) is 15.5 Å². The van der Waals surface area contributed by atoms with Crippen molar-refractivity contribution in [1.29, 1.82) is 0 Å². The molecule has 0 fully saturated rings. The molecule has 0 heterocycles. The number of nitrogens with one attached hydrogen (secondary N) is 1. The molecule has 0 bridgehead atoms. The van der Waals surface area contributed by atoms with Crippen molar-refractivity contribution in [2.75, 3.05) is 6.54 Å². The molecule has 98 valence electrons. The minimum atomic E-state index is -4.00. The van der Waals surface area contributed by atoms with E-state index in [-0.39, 0.29) is 6.54 Å². The summed E-state index contributed by atoms with van der Waals surface area (Å²) >= 11 is 5.43. The molecule has 0 unspecified atom stereocenters. The molecule has 0 saturated heterocycles. The molecule has 0 radical (unpaired) electrons. The number of carbonyl (C=O) groups is 1. The van der Waals surface area contributed by atoms with Gasteiger partial charge in [-0.15, -0.1) is 6.58 Å². The van der Waals surface area contributed by atoms with Gasteiger partial charge in [0.2, 0.25) is 10.0 Å². The molecule has 0 aliphatic rings. The first-order valence-electron chi connectivity index (χ1n) is 4.62. The van der Waals surface area contributed by atoms with Gasteiger partial charge in [0.25, 0.3) is 0 Å². The van der Waals surface area contributed by atoms with Crippen LogP contribution in [0.15, 0.2) is 29.7 Å². The lowest BCUT2D eigenvalue weighted by atomic mass is 10.2. The molecule has 1 aromatic rings. The zero-order valence-corrected chi connectivity index (χ0v) is 10.6. The van der Waals surface area contributed by atoms with Gasteiger partial charge in [0.1, 0.15) is 5.82 Å². The Morgan fingerprint density at radius 2 is 2.17 bits per heavy atom. The van der Waals surface area contributed by atoms with Crippen LogP contribution in [0.4, 0.5) is 4.39 Å². The van der Waals surface area contributed by atoms with Crippen molar-refractivity contribution in [2.24, 2.45) is 0 Å². The smallest absolute Gasteiger partial charge is 0.337 e. The van der Waals surface area contributed by atoms with Crippen LogP contribution in [0, 0.1) is 5.82 Å². The third kappa shape index (κ3) is 3.06. The van der Waals surface area contributed by atoms with Gasteiger partial charge in [0, 0.05) is 6.54 Å². The number of carboxylic acid groups (broad SMARTS) is 1. The second-order valence-electron chi connectivity index (χ2n) is 3.21. The molecule has 0 aromatic heterocycles. The van der Waals surface area contributed by atoms with E-state index in [1.54, 1.807) is 0 Å². The van der Waals surface area contributed by atoms with E-state index in [1.807, 2.05) is 0 Å². The highest BCUT2D eigenvalue weighted by Gasteiger charge is 2.21. The topological polar surface area (TPSA) is 83.5 Å². The maximum absolute atomic E-state index is 13.3. The second kappa shape index (κ2) is 5.47. The van der Waals surface area contributed by atoms with Gasteiger partial charge in [0.15, 0.2) is 0 Å². The van der Waals surface area contributed by atoms with Crippen molar-refractivity contribution in [3.8, 4) is 0 Å². The minimum absolute atomic E-state index is 0.0605. The fraction of sp³-hybridized carbons (Fsp3) is 0.100. The van der Waals surface area contributed by atoms with Crippen molar-refractivity contribution >= 4 is 27.6 Å². The summed E-state index contributed by atoms with van der Waals surface area (Å²) in [5.74, 6) is -2.63. The van der Waals surface area contributed by atoms with Crippen LogP contribution in [0.3, 0.4) is 0 Å². The van der Waals surface area contributed by atoms with E-state index in [0.717, 1.165) is 6.07 Å². The first-order chi connectivity index (χ1) is 8.29. The van der Waals surface area contributed by atoms with Gasteiger partial charge in [-0.1, -0.05) is 17.7 Å². The summed E-state index contributed by atoms with van der Waals surface area (Å²) in [6.45, 7) is 3.26. The highest BCUT2D eigenvalue weighted by molar-refractivity contribution is 7.89. The van der Waals surface area contributed by atoms with E-state index in [1.165, 1.54) is 6.08 Å². The Morgan fingerprint density at radius 1 is 1.56 bits per heavy atom. The van der Waals surface area contributed by atoms with Crippen LogP contribution >= 0.6 is 11.6 Å². The average molecular weight is 294 g/mol. The molecule has 0 aliphatic heterocycles. The molecule has 5 nitrogen and oxygen atoms in total. The standard InChI is InChI=1S/C10H9ClFNO4S/c1-2-3-13-18(16,17)6-4-7(10(14)15)9(11)8(12)5-6/h2,4-5,13H,1,3H2,(H,14,15). The number of carboxylic acids is 1. The molecule has 18 heavy (non-hydrogen) atoms. The molecule has 0 aliphatic carbocycles. The quantitative estimate of drug-likeness (QED) is 0.809. The van der Waals surface area contributed by atoms with Gasteiger partial charge >= 0.3 is 5.97 Å². The third-order valence-corrected chi connectivity index (χ3v) is 3.75. The molecule has 8 heteroatoms. The van der Waals surface area contributed by atoms with E-state index in [0.29, 0.717) is 6.07 Å². The van der Waals surface area contributed by atoms with E-state index < -0.39 is 37.3 Å². The normalized spacial score (nSPS) is 11.2. The van der Waals surface area contributed by atoms with Crippen molar-refractivity contribution in [3.63, 3.8) is 0 Å². The first-order valence-corrected chi connectivity index (χ1v) is 6.48. The zero-order chi connectivity index (χ0) is 13.9. The van der Waals surface area contributed by atoms with Crippen molar-refractivity contribution in [2.45, 2.75) is 4.90 Å². The summed E-state index contributed by atoms with van der Waals surface area (Å²) in [5, 5.41) is 8.14. The molecule has 0 saturated carbocycles. The lowest BCUT2D eigenvalue weighted by Gasteiger charge is -2.07. The number of hydrogen-bond acceptors (Lipinski definition) is 3. The molecule has 0 amide bonds. The number of rotatable bonds is 5. The summed E-state index contributed by atoms with van der Waals surface area (Å²) in [4.78, 5) is 10.3. The number of benzene rings is 1. The maximum atomic E-state index is 13.3. The predicted molar refractivity (Wildman–Crippen MR) is 63.8 cm³/mol. The Hall–Kier alpha value is -1.44. The van der Waals surface area contributed by atoms with Crippen molar-refractivity contribution in [1.82, 2.24) is 4.72 Å². The summed E-state index contributed by atoms with van der Waals surface area (Å²) in [5.41, 5.74) is -0.615. The summed E-state index contributed by atoms with van der Waals surface area (Å²) < 4.78 is 38.8. The van der Waals surface area contributed by atoms with Crippen molar-refractivity contribution in [3.05, 3.63) is 41.2 Å². The van der Waals surface area contributed by atoms with Gasteiger partial charge in [-0.25, -0.2) is 22.3 Å². The highest BCUT2D eigenvalue weighted by atomic mass is 35.5. The minimum Gasteiger partial charge on any atom is -0.478 e. The fourth-order valence-corrected chi connectivity index (χ4v) is 2.35. The van der Waals surface area contributed by atoms with Crippen LogP contribution in [-0.4, -0.2) is 26.0 Å². The summed E-state index contributed by atoms with van der Waals surface area (Å²) in [6.07, 6.45) is 1.29.